The van der Waals surface area contributed by atoms with Crippen molar-refractivity contribution in [1.29, 1.82) is 0 Å². The van der Waals surface area contributed by atoms with E-state index in [1.165, 1.54) is 17.4 Å². The number of fused-ring (bicyclic) bond motifs is 1. The van der Waals surface area contributed by atoms with Crippen molar-refractivity contribution in [2.75, 3.05) is 6.61 Å². The Morgan fingerprint density at radius 2 is 2.40 bits per heavy atom. The van der Waals surface area contributed by atoms with Crippen LogP contribution in [0.1, 0.15) is 44.7 Å². The quantitative estimate of drug-likeness (QED) is 0.771. The van der Waals surface area contributed by atoms with Crippen molar-refractivity contribution < 1.29 is 9.47 Å². The third-order valence-corrected chi connectivity index (χ3v) is 4.29. The molecule has 3 rings (SSSR count). The first kappa shape index (κ1) is 13.6. The Balaban J connectivity index is 1.80. The van der Waals surface area contributed by atoms with E-state index in [-0.39, 0.29) is 11.2 Å². The maximum atomic E-state index is 12.0. The molecule has 1 saturated heterocycles. The summed E-state index contributed by atoms with van der Waals surface area (Å²) >= 11 is 0. The molecule has 1 aliphatic heterocycles. The van der Waals surface area contributed by atoms with Gasteiger partial charge in [-0.2, -0.15) is 0 Å². The second-order valence-corrected chi connectivity index (χ2v) is 5.87. The van der Waals surface area contributed by atoms with Gasteiger partial charge in [0.25, 0.3) is 11.6 Å². The van der Waals surface area contributed by atoms with Crippen LogP contribution in [0.25, 0.3) is 0 Å². The lowest BCUT2D eigenvalue weighted by Gasteiger charge is -2.17. The van der Waals surface area contributed by atoms with E-state index in [2.05, 4.69) is 4.98 Å². The van der Waals surface area contributed by atoms with Gasteiger partial charge in [0, 0.05) is 19.5 Å². The molecule has 5 nitrogen and oxygen atoms in total. The van der Waals surface area contributed by atoms with Gasteiger partial charge < -0.3 is 9.47 Å². The molecule has 20 heavy (non-hydrogen) atoms. The highest BCUT2D eigenvalue weighted by atomic mass is 16.6. The molecule has 0 N–H and O–H groups in total. The summed E-state index contributed by atoms with van der Waals surface area (Å²) in [5, 5.41) is 0. The highest BCUT2D eigenvalue weighted by molar-refractivity contribution is 5.16. The zero-order valence-electron chi connectivity index (χ0n) is 12.2. The van der Waals surface area contributed by atoms with Crippen LogP contribution in [-0.2, 0) is 18.2 Å². The van der Waals surface area contributed by atoms with Crippen LogP contribution in [-0.4, -0.2) is 27.9 Å². The highest BCUT2D eigenvalue weighted by Gasteiger charge is 2.57. The molecule has 0 radical (unpaired) electrons. The summed E-state index contributed by atoms with van der Waals surface area (Å²) < 4.78 is 12.9. The van der Waals surface area contributed by atoms with Gasteiger partial charge in [0.15, 0.2) is 0 Å². The van der Waals surface area contributed by atoms with E-state index in [4.69, 9.17) is 9.47 Å². The molecular formula is C15H22N2O3. The summed E-state index contributed by atoms with van der Waals surface area (Å²) in [6.07, 6.45) is 6.69. The molecule has 1 saturated carbocycles. The molecule has 2 aliphatic rings. The van der Waals surface area contributed by atoms with Crippen LogP contribution in [0.2, 0.25) is 0 Å². The van der Waals surface area contributed by atoms with Crippen LogP contribution < -0.4 is 10.3 Å². The number of rotatable bonds is 5. The molecule has 2 fully saturated rings. The van der Waals surface area contributed by atoms with Crippen LogP contribution in [0.5, 0.6) is 6.01 Å². The summed E-state index contributed by atoms with van der Waals surface area (Å²) in [5.41, 5.74) is 0.689. The van der Waals surface area contributed by atoms with Crippen molar-refractivity contribution in [3.63, 3.8) is 0 Å². The number of epoxide rings is 1. The van der Waals surface area contributed by atoms with Crippen LogP contribution >= 0.6 is 0 Å². The minimum absolute atomic E-state index is 0.0420. The molecular weight excluding hydrogens is 256 g/mol. The maximum Gasteiger partial charge on any atom is 0.299 e. The van der Waals surface area contributed by atoms with Crippen molar-refractivity contribution in [2.45, 2.75) is 57.2 Å². The predicted molar refractivity (Wildman–Crippen MR) is 75.0 cm³/mol. The summed E-state index contributed by atoms with van der Waals surface area (Å²) in [5.74, 6) is 0. The molecule has 110 valence electrons. The first-order chi connectivity index (χ1) is 9.64. The average molecular weight is 278 g/mol. The minimum atomic E-state index is -0.0643. The number of aromatic nitrogens is 2. The van der Waals surface area contributed by atoms with Crippen molar-refractivity contribution in [3.8, 4) is 6.01 Å². The van der Waals surface area contributed by atoms with E-state index in [9.17, 15) is 4.79 Å². The van der Waals surface area contributed by atoms with Crippen LogP contribution in [0.4, 0.5) is 0 Å². The first-order valence-corrected chi connectivity index (χ1v) is 7.52. The number of ether oxygens (including phenoxy) is 2. The molecule has 0 aromatic carbocycles. The fourth-order valence-corrected chi connectivity index (χ4v) is 3.07. The molecule has 5 heteroatoms. The van der Waals surface area contributed by atoms with E-state index >= 15 is 0 Å². The Morgan fingerprint density at radius 3 is 3.15 bits per heavy atom. The van der Waals surface area contributed by atoms with Gasteiger partial charge in [0.2, 0.25) is 0 Å². The third kappa shape index (κ3) is 2.46. The second-order valence-electron chi connectivity index (χ2n) is 5.87. The molecule has 1 aromatic rings. The van der Waals surface area contributed by atoms with E-state index < -0.39 is 0 Å². The Kier molecular flexibility index (Phi) is 3.54. The minimum Gasteiger partial charge on any atom is -0.465 e. The van der Waals surface area contributed by atoms with Crippen LogP contribution in [0.15, 0.2) is 10.9 Å². The Hall–Kier alpha value is -1.36. The van der Waals surface area contributed by atoms with E-state index in [0.29, 0.717) is 18.7 Å². The number of hydrogen-bond donors (Lipinski definition) is 0. The molecule has 1 unspecified atom stereocenters. The lowest BCUT2D eigenvalue weighted by Crippen LogP contribution is -2.26. The number of nitrogens with zero attached hydrogens (tertiary/aromatic N) is 2. The van der Waals surface area contributed by atoms with Crippen molar-refractivity contribution in [1.82, 2.24) is 9.55 Å². The molecule has 1 aromatic heterocycles. The lowest BCUT2D eigenvalue weighted by atomic mass is 9.86. The van der Waals surface area contributed by atoms with Gasteiger partial charge in [-0.25, -0.2) is 4.98 Å². The fourth-order valence-electron chi connectivity index (χ4n) is 3.07. The topological polar surface area (TPSA) is 56.6 Å². The third-order valence-electron chi connectivity index (χ3n) is 4.29. The largest absolute Gasteiger partial charge is 0.465 e. The van der Waals surface area contributed by atoms with E-state index in [0.717, 1.165) is 31.4 Å². The summed E-state index contributed by atoms with van der Waals surface area (Å²) in [6, 6.07) is 2.03. The standard InChI is InChI=1S/C15H22N2O3/c1-3-8-19-14-16-11(9-13(18)17(14)2)10-15-7-5-4-6-12(15)20-15/h9,12H,3-8,10H2,1-2H3/t12-,15?/m1/s1. The van der Waals surface area contributed by atoms with Crippen LogP contribution in [0, 0.1) is 0 Å². The average Bonchev–Trinajstić information content (AvgIpc) is 3.15. The van der Waals surface area contributed by atoms with Gasteiger partial charge >= 0.3 is 0 Å². The van der Waals surface area contributed by atoms with Gasteiger partial charge in [-0.1, -0.05) is 19.8 Å². The second kappa shape index (κ2) is 5.20. The summed E-state index contributed by atoms with van der Waals surface area (Å²) in [7, 11) is 1.69. The molecule has 1 aliphatic carbocycles. The summed E-state index contributed by atoms with van der Waals surface area (Å²) in [6.45, 7) is 2.61. The maximum absolute atomic E-state index is 12.0. The lowest BCUT2D eigenvalue weighted by molar-refractivity contribution is 0.267. The van der Waals surface area contributed by atoms with E-state index in [1.807, 2.05) is 6.92 Å². The fraction of sp³-hybridized carbons (Fsp3) is 0.733. The molecule has 0 bridgehead atoms. The highest BCUT2D eigenvalue weighted by Crippen LogP contribution is 2.49. The van der Waals surface area contributed by atoms with Crippen molar-refractivity contribution in [2.24, 2.45) is 7.05 Å². The smallest absolute Gasteiger partial charge is 0.299 e. The molecule has 2 heterocycles. The van der Waals surface area contributed by atoms with Crippen molar-refractivity contribution in [3.05, 3.63) is 22.1 Å². The Bertz CT molecular complexity index is 555. The van der Waals surface area contributed by atoms with Gasteiger partial charge in [-0.05, 0) is 19.3 Å². The molecule has 0 spiro atoms. The molecule has 2 atom stereocenters. The first-order valence-electron chi connectivity index (χ1n) is 7.52. The summed E-state index contributed by atoms with van der Waals surface area (Å²) in [4.78, 5) is 16.5. The van der Waals surface area contributed by atoms with Gasteiger partial charge in [-0.15, -0.1) is 0 Å². The van der Waals surface area contributed by atoms with Gasteiger partial charge in [0.1, 0.15) is 5.60 Å². The predicted octanol–water partition coefficient (Wildman–Crippen LogP) is 1.82. The molecule has 0 amide bonds. The zero-order valence-corrected chi connectivity index (χ0v) is 12.2. The normalized spacial score (nSPS) is 28.0. The SMILES string of the molecule is CCCOc1nc(CC23CCCC[C@H]2O3)cc(=O)n1C. The number of hydrogen-bond acceptors (Lipinski definition) is 4. The monoisotopic (exact) mass is 278 g/mol. The van der Waals surface area contributed by atoms with E-state index in [1.54, 1.807) is 13.1 Å². The van der Waals surface area contributed by atoms with Gasteiger partial charge in [-0.3, -0.25) is 9.36 Å². The zero-order chi connectivity index (χ0) is 14.2. The van der Waals surface area contributed by atoms with Crippen LogP contribution in [0.3, 0.4) is 0 Å². The Labute approximate surface area is 118 Å². The van der Waals surface area contributed by atoms with Crippen molar-refractivity contribution >= 4 is 0 Å². The Morgan fingerprint density at radius 1 is 1.55 bits per heavy atom. The van der Waals surface area contributed by atoms with Gasteiger partial charge in [0.05, 0.1) is 18.4 Å².